The number of alkyl halides is 1. The molecule has 1 saturated heterocycles. The minimum absolute atomic E-state index is 0.219. The molecule has 4 heteroatoms. The SMILES string of the molecule is CN(CC1CCCO1)c1ccc(CCl)cc1F. The maximum absolute atomic E-state index is 13.8. The summed E-state index contributed by atoms with van der Waals surface area (Å²) in [4.78, 5) is 1.91. The summed E-state index contributed by atoms with van der Waals surface area (Å²) in [5, 5.41) is 0. The summed E-state index contributed by atoms with van der Waals surface area (Å²) < 4.78 is 19.4. The van der Waals surface area contributed by atoms with Crippen LogP contribution in [0.15, 0.2) is 18.2 Å². The molecule has 1 aliphatic heterocycles. The van der Waals surface area contributed by atoms with Crippen LogP contribution in [-0.2, 0) is 10.6 Å². The van der Waals surface area contributed by atoms with Gasteiger partial charge in [-0.25, -0.2) is 4.39 Å². The van der Waals surface area contributed by atoms with Crippen LogP contribution >= 0.6 is 11.6 Å². The second kappa shape index (κ2) is 5.69. The number of hydrogen-bond donors (Lipinski definition) is 0. The summed E-state index contributed by atoms with van der Waals surface area (Å²) in [6, 6.07) is 5.13. The van der Waals surface area contributed by atoms with Crippen molar-refractivity contribution in [1.29, 1.82) is 0 Å². The van der Waals surface area contributed by atoms with Crippen molar-refractivity contribution in [2.24, 2.45) is 0 Å². The number of nitrogens with zero attached hydrogens (tertiary/aromatic N) is 1. The van der Waals surface area contributed by atoms with Crippen LogP contribution in [0.5, 0.6) is 0 Å². The van der Waals surface area contributed by atoms with Gasteiger partial charge in [0.25, 0.3) is 0 Å². The Morgan fingerprint density at radius 1 is 1.53 bits per heavy atom. The average Bonchev–Trinajstić information content (AvgIpc) is 2.81. The lowest BCUT2D eigenvalue weighted by Gasteiger charge is -2.23. The van der Waals surface area contributed by atoms with Gasteiger partial charge in [0, 0.05) is 26.1 Å². The zero-order chi connectivity index (χ0) is 12.3. The molecule has 2 nitrogen and oxygen atoms in total. The maximum atomic E-state index is 13.8. The average molecular weight is 258 g/mol. The van der Waals surface area contributed by atoms with Crippen molar-refractivity contribution in [3.05, 3.63) is 29.6 Å². The third-order valence-corrected chi connectivity index (χ3v) is 3.39. The van der Waals surface area contributed by atoms with Crippen molar-refractivity contribution in [1.82, 2.24) is 0 Å². The summed E-state index contributed by atoms with van der Waals surface area (Å²) in [5.74, 6) is 0.121. The van der Waals surface area contributed by atoms with Crippen molar-refractivity contribution < 1.29 is 9.13 Å². The molecule has 2 rings (SSSR count). The highest BCUT2D eigenvalue weighted by Crippen LogP contribution is 2.22. The number of hydrogen-bond acceptors (Lipinski definition) is 2. The minimum Gasteiger partial charge on any atom is -0.376 e. The molecule has 1 heterocycles. The molecule has 94 valence electrons. The van der Waals surface area contributed by atoms with Crippen LogP contribution in [0, 0.1) is 5.82 Å². The fourth-order valence-electron chi connectivity index (χ4n) is 2.14. The first kappa shape index (κ1) is 12.7. The van der Waals surface area contributed by atoms with Crippen LogP contribution in [0.2, 0.25) is 0 Å². The number of benzene rings is 1. The molecule has 1 fully saturated rings. The summed E-state index contributed by atoms with van der Waals surface area (Å²) in [5.41, 5.74) is 1.41. The first-order valence-corrected chi connectivity index (χ1v) is 6.41. The molecule has 0 N–H and O–H groups in total. The van der Waals surface area contributed by atoms with E-state index in [1.165, 1.54) is 6.07 Å². The molecule has 0 amide bonds. The molecule has 0 radical (unpaired) electrons. The van der Waals surface area contributed by atoms with Crippen molar-refractivity contribution in [3.8, 4) is 0 Å². The van der Waals surface area contributed by atoms with Crippen molar-refractivity contribution in [2.75, 3.05) is 25.1 Å². The second-order valence-electron chi connectivity index (χ2n) is 4.43. The van der Waals surface area contributed by atoms with Crippen LogP contribution in [0.25, 0.3) is 0 Å². The molecule has 1 aromatic rings. The van der Waals surface area contributed by atoms with Gasteiger partial charge in [0.1, 0.15) is 5.82 Å². The van der Waals surface area contributed by atoms with Gasteiger partial charge >= 0.3 is 0 Å². The summed E-state index contributed by atoms with van der Waals surface area (Å²) in [6.07, 6.45) is 2.39. The standard InChI is InChI=1S/C13H17ClFNO/c1-16(9-11-3-2-6-17-11)13-5-4-10(8-14)7-12(13)15/h4-5,7,11H,2-3,6,8-9H2,1H3. The topological polar surface area (TPSA) is 12.5 Å². The lowest BCUT2D eigenvalue weighted by molar-refractivity contribution is 0.116. The number of likely N-dealkylation sites (N-methyl/N-ethyl adjacent to an activating group) is 1. The van der Waals surface area contributed by atoms with Crippen molar-refractivity contribution in [3.63, 3.8) is 0 Å². The highest BCUT2D eigenvalue weighted by molar-refractivity contribution is 6.17. The molecule has 1 aliphatic rings. The number of halogens is 2. The third kappa shape index (κ3) is 3.11. The quantitative estimate of drug-likeness (QED) is 0.769. The Morgan fingerprint density at radius 3 is 2.94 bits per heavy atom. The van der Waals surface area contributed by atoms with Gasteiger partial charge in [0.15, 0.2) is 0 Å². The molecule has 0 spiro atoms. The second-order valence-corrected chi connectivity index (χ2v) is 4.70. The van der Waals surface area contributed by atoms with Crippen LogP contribution in [0.3, 0.4) is 0 Å². The molecule has 0 aliphatic carbocycles. The molecule has 0 bridgehead atoms. The molecular weight excluding hydrogens is 241 g/mol. The first-order chi connectivity index (χ1) is 8.20. The van der Waals surface area contributed by atoms with E-state index in [4.69, 9.17) is 16.3 Å². The van der Waals surface area contributed by atoms with Crippen LogP contribution in [0.1, 0.15) is 18.4 Å². The van der Waals surface area contributed by atoms with E-state index in [1.807, 2.05) is 18.0 Å². The van der Waals surface area contributed by atoms with Crippen LogP contribution in [0.4, 0.5) is 10.1 Å². The van der Waals surface area contributed by atoms with E-state index in [-0.39, 0.29) is 11.9 Å². The Hall–Kier alpha value is -0.800. The van der Waals surface area contributed by atoms with Gasteiger partial charge < -0.3 is 9.64 Å². The number of ether oxygens (including phenoxy) is 1. The molecule has 17 heavy (non-hydrogen) atoms. The summed E-state index contributed by atoms with van der Waals surface area (Å²) in [6.45, 7) is 1.56. The minimum atomic E-state index is -0.219. The normalized spacial score (nSPS) is 19.6. The Labute approximate surface area is 106 Å². The van der Waals surface area contributed by atoms with Gasteiger partial charge in [-0.05, 0) is 30.5 Å². The lowest BCUT2D eigenvalue weighted by atomic mass is 10.2. The third-order valence-electron chi connectivity index (χ3n) is 3.08. The summed E-state index contributed by atoms with van der Waals surface area (Å²) in [7, 11) is 1.89. The zero-order valence-corrected chi connectivity index (χ0v) is 10.7. The van der Waals surface area contributed by atoms with E-state index in [9.17, 15) is 4.39 Å². The molecule has 0 saturated carbocycles. The highest BCUT2D eigenvalue weighted by atomic mass is 35.5. The molecule has 1 atom stereocenters. The summed E-state index contributed by atoms with van der Waals surface area (Å²) >= 11 is 5.67. The zero-order valence-electron chi connectivity index (χ0n) is 9.96. The lowest BCUT2D eigenvalue weighted by Crippen LogP contribution is -2.29. The van der Waals surface area contributed by atoms with E-state index < -0.39 is 0 Å². The van der Waals surface area contributed by atoms with E-state index in [1.54, 1.807) is 6.07 Å². The predicted molar refractivity (Wildman–Crippen MR) is 68.2 cm³/mol. The van der Waals surface area contributed by atoms with E-state index >= 15 is 0 Å². The predicted octanol–water partition coefficient (Wildman–Crippen LogP) is 3.18. The Morgan fingerprint density at radius 2 is 2.35 bits per heavy atom. The van der Waals surface area contributed by atoms with Gasteiger partial charge in [0.2, 0.25) is 0 Å². The molecule has 0 aromatic heterocycles. The fraction of sp³-hybridized carbons (Fsp3) is 0.538. The first-order valence-electron chi connectivity index (χ1n) is 5.88. The van der Waals surface area contributed by atoms with Crippen LogP contribution < -0.4 is 4.90 Å². The van der Waals surface area contributed by atoms with Gasteiger partial charge in [-0.1, -0.05) is 6.07 Å². The van der Waals surface area contributed by atoms with Crippen molar-refractivity contribution in [2.45, 2.75) is 24.8 Å². The van der Waals surface area contributed by atoms with Gasteiger partial charge in [-0.2, -0.15) is 0 Å². The number of rotatable bonds is 4. The van der Waals surface area contributed by atoms with Gasteiger partial charge in [0.05, 0.1) is 11.8 Å². The Kier molecular flexibility index (Phi) is 4.24. The van der Waals surface area contributed by atoms with Crippen molar-refractivity contribution >= 4 is 17.3 Å². The van der Waals surface area contributed by atoms with E-state index in [0.717, 1.165) is 31.6 Å². The van der Waals surface area contributed by atoms with E-state index in [0.29, 0.717) is 11.6 Å². The molecule has 1 unspecified atom stereocenters. The smallest absolute Gasteiger partial charge is 0.146 e. The Bertz CT molecular complexity index is 380. The largest absolute Gasteiger partial charge is 0.376 e. The van der Waals surface area contributed by atoms with Crippen LogP contribution in [-0.4, -0.2) is 26.3 Å². The molecule has 1 aromatic carbocycles. The molecular formula is C13H17ClFNO. The maximum Gasteiger partial charge on any atom is 0.146 e. The fourth-order valence-corrected chi connectivity index (χ4v) is 2.30. The van der Waals surface area contributed by atoms with Gasteiger partial charge in [-0.15, -0.1) is 11.6 Å². The number of anilines is 1. The highest BCUT2D eigenvalue weighted by Gasteiger charge is 2.18. The van der Waals surface area contributed by atoms with E-state index in [2.05, 4.69) is 0 Å². The monoisotopic (exact) mass is 257 g/mol. The Balaban J connectivity index is 2.04. The van der Waals surface area contributed by atoms with Gasteiger partial charge in [-0.3, -0.25) is 0 Å².